The van der Waals surface area contributed by atoms with Crippen molar-refractivity contribution in [1.82, 2.24) is 14.5 Å². The van der Waals surface area contributed by atoms with E-state index in [-0.39, 0.29) is 6.04 Å². The van der Waals surface area contributed by atoms with Crippen molar-refractivity contribution in [3.63, 3.8) is 0 Å². The second-order valence-corrected chi connectivity index (χ2v) is 4.31. The van der Waals surface area contributed by atoms with E-state index < -0.39 is 0 Å². The van der Waals surface area contributed by atoms with Crippen LogP contribution in [0.5, 0.6) is 0 Å². The summed E-state index contributed by atoms with van der Waals surface area (Å²) < 4.78 is 2.04. The van der Waals surface area contributed by atoms with Gasteiger partial charge in [0.2, 0.25) is 0 Å². The van der Waals surface area contributed by atoms with Gasteiger partial charge in [0, 0.05) is 13.1 Å². The molecule has 1 aliphatic rings. The van der Waals surface area contributed by atoms with E-state index in [1.54, 1.807) is 0 Å². The van der Waals surface area contributed by atoms with Gasteiger partial charge in [-0.2, -0.15) is 0 Å². The summed E-state index contributed by atoms with van der Waals surface area (Å²) in [5, 5.41) is 0. The molecule has 5 heteroatoms. The summed E-state index contributed by atoms with van der Waals surface area (Å²) in [6.45, 7) is 5.07. The summed E-state index contributed by atoms with van der Waals surface area (Å²) in [5.74, 6) is 0.653. The van der Waals surface area contributed by atoms with Gasteiger partial charge in [-0.3, -0.25) is 4.99 Å². The van der Waals surface area contributed by atoms with Crippen LogP contribution >= 0.6 is 0 Å². The number of aryl methyl sites for hydroxylation is 1. The van der Waals surface area contributed by atoms with Crippen molar-refractivity contribution in [2.24, 2.45) is 17.8 Å². The lowest BCUT2D eigenvalue weighted by molar-refractivity contribution is 0.261. The van der Waals surface area contributed by atoms with Gasteiger partial charge in [0.1, 0.15) is 0 Å². The molecular formula is C11H19N5. The van der Waals surface area contributed by atoms with Gasteiger partial charge in [-0.05, 0) is 13.3 Å². The van der Waals surface area contributed by atoms with Crippen LogP contribution in [0.4, 0.5) is 0 Å². The van der Waals surface area contributed by atoms with Crippen LogP contribution in [0.2, 0.25) is 0 Å². The summed E-state index contributed by atoms with van der Waals surface area (Å²) in [6.07, 6.45) is 4.78. The highest BCUT2D eigenvalue weighted by Gasteiger charge is 2.31. The first-order chi connectivity index (χ1) is 7.65. The summed E-state index contributed by atoms with van der Waals surface area (Å²) in [4.78, 5) is 10.7. The zero-order valence-corrected chi connectivity index (χ0v) is 10.1. The Balaban J connectivity index is 2.27. The summed E-state index contributed by atoms with van der Waals surface area (Å²) in [6, 6.07) is 0.647. The molecule has 0 radical (unpaired) electrons. The van der Waals surface area contributed by atoms with Crippen LogP contribution in [-0.2, 0) is 7.05 Å². The number of nitrogens with zero attached hydrogens (tertiary/aromatic N) is 4. The van der Waals surface area contributed by atoms with Crippen molar-refractivity contribution in [3.8, 4) is 0 Å². The molecule has 0 saturated heterocycles. The van der Waals surface area contributed by atoms with Crippen molar-refractivity contribution in [3.05, 3.63) is 18.2 Å². The van der Waals surface area contributed by atoms with Gasteiger partial charge >= 0.3 is 0 Å². The standard InChI is InChI=1S/C11H19N5/c1-4-8(2)16-10(6-14-11(16)12)9-5-13-7-15(9)3/h5,7-8,10H,4,6H2,1-3H3,(H2,12,14). The summed E-state index contributed by atoms with van der Waals surface area (Å²) in [5.41, 5.74) is 7.12. The monoisotopic (exact) mass is 221 g/mol. The molecule has 2 N–H and O–H groups in total. The molecular weight excluding hydrogens is 202 g/mol. The maximum atomic E-state index is 5.95. The average molecular weight is 221 g/mol. The van der Waals surface area contributed by atoms with E-state index in [4.69, 9.17) is 5.73 Å². The molecule has 88 valence electrons. The first kappa shape index (κ1) is 11.0. The van der Waals surface area contributed by atoms with Crippen LogP contribution in [-0.4, -0.2) is 33.0 Å². The van der Waals surface area contributed by atoms with Gasteiger partial charge in [0.25, 0.3) is 0 Å². The lowest BCUT2D eigenvalue weighted by Gasteiger charge is -2.31. The highest BCUT2D eigenvalue weighted by Crippen LogP contribution is 2.27. The minimum atomic E-state index is 0.238. The Morgan fingerprint density at radius 1 is 1.62 bits per heavy atom. The smallest absolute Gasteiger partial charge is 0.192 e. The number of hydrogen-bond donors (Lipinski definition) is 1. The molecule has 0 amide bonds. The Kier molecular flexibility index (Phi) is 2.85. The van der Waals surface area contributed by atoms with Crippen molar-refractivity contribution in [2.75, 3.05) is 6.54 Å². The van der Waals surface area contributed by atoms with Crippen LogP contribution in [0.15, 0.2) is 17.5 Å². The zero-order valence-electron chi connectivity index (χ0n) is 10.1. The highest BCUT2D eigenvalue weighted by atomic mass is 15.3. The Morgan fingerprint density at radius 2 is 2.38 bits per heavy atom. The molecule has 0 saturated carbocycles. The van der Waals surface area contributed by atoms with Crippen molar-refractivity contribution in [2.45, 2.75) is 32.4 Å². The van der Waals surface area contributed by atoms with E-state index in [1.165, 1.54) is 5.69 Å². The zero-order chi connectivity index (χ0) is 11.7. The molecule has 0 bridgehead atoms. The van der Waals surface area contributed by atoms with E-state index in [1.807, 2.05) is 24.1 Å². The SMILES string of the molecule is CCC(C)N1C(N)=NCC1c1cncn1C. The number of hydrogen-bond acceptors (Lipinski definition) is 4. The minimum Gasteiger partial charge on any atom is -0.370 e. The second kappa shape index (κ2) is 4.15. The third kappa shape index (κ3) is 1.66. The molecule has 0 aliphatic carbocycles. The molecule has 0 fully saturated rings. The number of aromatic nitrogens is 2. The van der Waals surface area contributed by atoms with Crippen molar-refractivity contribution < 1.29 is 0 Å². The molecule has 1 aliphatic heterocycles. The fourth-order valence-corrected chi connectivity index (χ4v) is 2.16. The lowest BCUT2D eigenvalue weighted by Crippen LogP contribution is -2.42. The molecule has 2 unspecified atom stereocenters. The molecule has 2 heterocycles. The topological polar surface area (TPSA) is 59.4 Å². The Labute approximate surface area is 96.0 Å². The minimum absolute atomic E-state index is 0.238. The molecule has 0 aromatic carbocycles. The third-order valence-corrected chi connectivity index (χ3v) is 3.29. The molecule has 2 atom stereocenters. The van der Waals surface area contributed by atoms with Gasteiger partial charge < -0.3 is 15.2 Å². The Morgan fingerprint density at radius 3 is 2.94 bits per heavy atom. The van der Waals surface area contributed by atoms with Crippen LogP contribution in [0, 0.1) is 0 Å². The molecule has 16 heavy (non-hydrogen) atoms. The summed E-state index contributed by atoms with van der Waals surface area (Å²) >= 11 is 0. The van der Waals surface area contributed by atoms with Crippen LogP contribution in [0.3, 0.4) is 0 Å². The average Bonchev–Trinajstić information content (AvgIpc) is 2.83. The van der Waals surface area contributed by atoms with Crippen LogP contribution in [0.1, 0.15) is 32.0 Å². The van der Waals surface area contributed by atoms with Crippen LogP contribution < -0.4 is 5.73 Å². The van der Waals surface area contributed by atoms with Gasteiger partial charge in [-0.1, -0.05) is 6.92 Å². The normalized spacial score (nSPS) is 22.3. The number of imidazole rings is 1. The van der Waals surface area contributed by atoms with E-state index >= 15 is 0 Å². The van der Waals surface area contributed by atoms with Crippen molar-refractivity contribution in [1.29, 1.82) is 0 Å². The van der Waals surface area contributed by atoms with E-state index in [0.717, 1.165) is 13.0 Å². The van der Waals surface area contributed by atoms with Gasteiger partial charge in [0.05, 0.1) is 30.8 Å². The maximum Gasteiger partial charge on any atom is 0.192 e. The van der Waals surface area contributed by atoms with Crippen molar-refractivity contribution >= 4 is 5.96 Å². The fourth-order valence-electron chi connectivity index (χ4n) is 2.16. The quantitative estimate of drug-likeness (QED) is 0.824. The van der Waals surface area contributed by atoms with E-state index in [0.29, 0.717) is 12.0 Å². The second-order valence-electron chi connectivity index (χ2n) is 4.31. The first-order valence-corrected chi connectivity index (χ1v) is 5.69. The predicted molar refractivity (Wildman–Crippen MR) is 64.0 cm³/mol. The molecule has 1 aromatic heterocycles. The van der Waals surface area contributed by atoms with E-state index in [2.05, 4.69) is 28.7 Å². The largest absolute Gasteiger partial charge is 0.370 e. The highest BCUT2D eigenvalue weighted by molar-refractivity contribution is 5.80. The third-order valence-electron chi connectivity index (χ3n) is 3.29. The number of nitrogens with two attached hydrogens (primary N) is 1. The first-order valence-electron chi connectivity index (χ1n) is 5.69. The predicted octanol–water partition coefficient (Wildman–Crippen LogP) is 0.890. The number of guanidine groups is 1. The van der Waals surface area contributed by atoms with Gasteiger partial charge in [-0.15, -0.1) is 0 Å². The Hall–Kier alpha value is -1.52. The fraction of sp³-hybridized carbons (Fsp3) is 0.636. The molecule has 2 rings (SSSR count). The number of aliphatic imine (C=N–C) groups is 1. The molecule has 1 aromatic rings. The van der Waals surface area contributed by atoms with Crippen LogP contribution in [0.25, 0.3) is 0 Å². The molecule has 5 nitrogen and oxygen atoms in total. The van der Waals surface area contributed by atoms with E-state index in [9.17, 15) is 0 Å². The van der Waals surface area contributed by atoms with Gasteiger partial charge in [0.15, 0.2) is 5.96 Å². The lowest BCUT2D eigenvalue weighted by atomic mass is 10.1. The number of rotatable bonds is 3. The van der Waals surface area contributed by atoms with Gasteiger partial charge in [-0.25, -0.2) is 4.98 Å². The Bertz CT molecular complexity index is 395. The summed E-state index contributed by atoms with van der Waals surface area (Å²) in [7, 11) is 2.01. The maximum absolute atomic E-state index is 5.95. The molecule has 0 spiro atoms.